The molecule has 1 aromatic carbocycles. The number of nitrogens with zero attached hydrogens (tertiary/aromatic N) is 4. The van der Waals surface area contributed by atoms with E-state index in [1.165, 1.54) is 12.7 Å². The van der Waals surface area contributed by atoms with E-state index < -0.39 is 31.1 Å². The molecule has 0 aliphatic carbocycles. The number of aliphatic hydroxyl groups is 3. The SMILES string of the molecule is CCOc1ccc(-c2ncnc3c2ncn3C2O[C@H](CO)[C@@H](O)[C@H]2O)cc1. The first-order valence-corrected chi connectivity index (χ1v) is 8.67. The van der Waals surface area contributed by atoms with Gasteiger partial charge in [0.25, 0.3) is 0 Å². The van der Waals surface area contributed by atoms with Crippen LogP contribution < -0.4 is 4.74 Å². The number of hydrogen-bond acceptors (Lipinski definition) is 8. The van der Waals surface area contributed by atoms with Crippen LogP contribution in [0.3, 0.4) is 0 Å². The maximum Gasteiger partial charge on any atom is 0.166 e. The molecule has 9 nitrogen and oxygen atoms in total. The van der Waals surface area contributed by atoms with Crippen LogP contribution in [0, 0.1) is 0 Å². The Kier molecular flexibility index (Phi) is 4.75. The molecule has 1 unspecified atom stereocenters. The van der Waals surface area contributed by atoms with E-state index in [4.69, 9.17) is 9.47 Å². The summed E-state index contributed by atoms with van der Waals surface area (Å²) in [7, 11) is 0. The molecule has 4 rings (SSSR count). The van der Waals surface area contributed by atoms with Gasteiger partial charge in [-0.1, -0.05) is 0 Å². The van der Waals surface area contributed by atoms with Crippen molar-refractivity contribution >= 4 is 11.2 Å². The fourth-order valence-electron chi connectivity index (χ4n) is 3.23. The zero-order chi connectivity index (χ0) is 19.0. The smallest absolute Gasteiger partial charge is 0.166 e. The fourth-order valence-corrected chi connectivity index (χ4v) is 3.23. The second-order valence-electron chi connectivity index (χ2n) is 6.23. The molecule has 3 heterocycles. The Labute approximate surface area is 154 Å². The number of aromatic nitrogens is 4. The van der Waals surface area contributed by atoms with E-state index in [-0.39, 0.29) is 0 Å². The molecule has 0 radical (unpaired) electrons. The molecule has 2 aromatic heterocycles. The van der Waals surface area contributed by atoms with E-state index in [1.807, 2.05) is 31.2 Å². The van der Waals surface area contributed by atoms with Gasteiger partial charge in [0.05, 0.1) is 19.5 Å². The molecular weight excluding hydrogens is 352 g/mol. The molecule has 9 heteroatoms. The van der Waals surface area contributed by atoms with E-state index in [2.05, 4.69) is 15.0 Å². The van der Waals surface area contributed by atoms with Crippen molar-refractivity contribution in [1.82, 2.24) is 19.5 Å². The molecule has 27 heavy (non-hydrogen) atoms. The molecule has 4 atom stereocenters. The second-order valence-corrected chi connectivity index (χ2v) is 6.23. The van der Waals surface area contributed by atoms with Crippen LogP contribution in [0.2, 0.25) is 0 Å². The summed E-state index contributed by atoms with van der Waals surface area (Å²) in [6.45, 7) is 2.12. The van der Waals surface area contributed by atoms with Crippen LogP contribution in [0.5, 0.6) is 5.75 Å². The lowest BCUT2D eigenvalue weighted by Gasteiger charge is -2.16. The minimum atomic E-state index is -1.21. The molecular formula is C18H20N4O5. The highest BCUT2D eigenvalue weighted by molar-refractivity contribution is 5.87. The molecule has 1 fully saturated rings. The topological polar surface area (TPSA) is 123 Å². The quantitative estimate of drug-likeness (QED) is 0.592. The predicted octanol–water partition coefficient (Wildman–Crippen LogP) is 0.503. The monoisotopic (exact) mass is 372 g/mol. The maximum absolute atomic E-state index is 10.3. The van der Waals surface area contributed by atoms with Crippen LogP contribution in [0.1, 0.15) is 13.2 Å². The van der Waals surface area contributed by atoms with Crippen molar-refractivity contribution in [3.63, 3.8) is 0 Å². The zero-order valence-corrected chi connectivity index (χ0v) is 14.6. The van der Waals surface area contributed by atoms with Gasteiger partial charge >= 0.3 is 0 Å². The summed E-state index contributed by atoms with van der Waals surface area (Å²) in [5.41, 5.74) is 2.48. The molecule has 0 spiro atoms. The molecule has 1 saturated heterocycles. The van der Waals surface area contributed by atoms with Crippen molar-refractivity contribution in [2.24, 2.45) is 0 Å². The second kappa shape index (κ2) is 7.20. The van der Waals surface area contributed by atoms with E-state index in [0.29, 0.717) is 23.5 Å². The van der Waals surface area contributed by atoms with Crippen molar-refractivity contribution in [3.05, 3.63) is 36.9 Å². The summed E-state index contributed by atoms with van der Waals surface area (Å²) < 4.78 is 12.6. The molecule has 1 aliphatic heterocycles. The van der Waals surface area contributed by atoms with Crippen LogP contribution in [-0.4, -0.2) is 66.4 Å². The number of imidazole rings is 1. The minimum absolute atomic E-state index is 0.395. The van der Waals surface area contributed by atoms with Crippen LogP contribution in [0.25, 0.3) is 22.4 Å². The lowest BCUT2D eigenvalue weighted by Crippen LogP contribution is -2.33. The van der Waals surface area contributed by atoms with Crippen LogP contribution in [-0.2, 0) is 4.74 Å². The maximum atomic E-state index is 10.3. The van der Waals surface area contributed by atoms with Crippen molar-refractivity contribution < 1.29 is 24.8 Å². The minimum Gasteiger partial charge on any atom is -0.494 e. The summed E-state index contributed by atoms with van der Waals surface area (Å²) in [5.74, 6) is 0.767. The lowest BCUT2D eigenvalue weighted by atomic mass is 10.1. The van der Waals surface area contributed by atoms with Crippen LogP contribution in [0.15, 0.2) is 36.9 Å². The van der Waals surface area contributed by atoms with Gasteiger partial charge in [-0.25, -0.2) is 15.0 Å². The van der Waals surface area contributed by atoms with Crippen molar-refractivity contribution in [1.29, 1.82) is 0 Å². The summed E-state index contributed by atoms with van der Waals surface area (Å²) in [4.78, 5) is 13.0. The average Bonchev–Trinajstić information content (AvgIpc) is 3.24. The van der Waals surface area contributed by atoms with Crippen molar-refractivity contribution in [2.45, 2.75) is 31.5 Å². The third-order valence-corrected chi connectivity index (χ3v) is 4.59. The molecule has 142 valence electrons. The Morgan fingerprint density at radius 3 is 2.56 bits per heavy atom. The highest BCUT2D eigenvalue weighted by atomic mass is 16.6. The number of aliphatic hydroxyl groups excluding tert-OH is 3. The van der Waals surface area contributed by atoms with Gasteiger partial charge in [-0.15, -0.1) is 0 Å². The van der Waals surface area contributed by atoms with Crippen molar-refractivity contribution in [2.75, 3.05) is 13.2 Å². The first kappa shape index (κ1) is 17.8. The van der Waals surface area contributed by atoms with Crippen molar-refractivity contribution in [3.8, 4) is 17.0 Å². The standard InChI is InChI=1S/C18H20N4O5/c1-2-26-11-5-3-10(4-6-11)13-14-17(20-8-19-13)22(9-21-14)18-16(25)15(24)12(7-23)27-18/h3-6,8-9,12,15-16,18,23-25H,2,7H2,1H3/t12-,15-,16-,18?/m1/s1. The molecule has 3 N–H and O–H groups in total. The third-order valence-electron chi connectivity index (χ3n) is 4.59. The van der Waals surface area contributed by atoms with E-state index in [9.17, 15) is 15.3 Å². The largest absolute Gasteiger partial charge is 0.494 e. The third kappa shape index (κ3) is 3.04. The number of hydrogen-bond donors (Lipinski definition) is 3. The Morgan fingerprint density at radius 1 is 1.11 bits per heavy atom. The summed E-state index contributed by atoms with van der Waals surface area (Å²) >= 11 is 0. The Balaban J connectivity index is 1.72. The van der Waals surface area contributed by atoms with Gasteiger partial charge in [0.1, 0.15) is 41.6 Å². The summed E-state index contributed by atoms with van der Waals surface area (Å²) in [6, 6.07) is 7.49. The molecule has 1 aliphatic rings. The lowest BCUT2D eigenvalue weighted by molar-refractivity contribution is -0.0511. The Bertz CT molecular complexity index is 929. The number of fused-ring (bicyclic) bond motifs is 1. The Morgan fingerprint density at radius 2 is 1.89 bits per heavy atom. The summed E-state index contributed by atoms with van der Waals surface area (Å²) in [6.07, 6.45) is -1.26. The summed E-state index contributed by atoms with van der Waals surface area (Å²) in [5, 5.41) is 29.5. The van der Waals surface area contributed by atoms with Crippen LogP contribution in [0.4, 0.5) is 0 Å². The predicted molar refractivity (Wildman–Crippen MR) is 94.9 cm³/mol. The molecule has 0 bridgehead atoms. The molecule has 0 saturated carbocycles. The van der Waals surface area contributed by atoms with Gasteiger partial charge in [-0.05, 0) is 31.2 Å². The zero-order valence-electron chi connectivity index (χ0n) is 14.6. The first-order chi connectivity index (χ1) is 13.1. The normalized spacial score (nSPS) is 25.2. The average molecular weight is 372 g/mol. The first-order valence-electron chi connectivity index (χ1n) is 8.67. The highest BCUT2D eigenvalue weighted by Crippen LogP contribution is 2.33. The van der Waals surface area contributed by atoms with Gasteiger partial charge in [-0.2, -0.15) is 0 Å². The fraction of sp³-hybridized carbons (Fsp3) is 0.389. The van der Waals surface area contributed by atoms with E-state index in [1.54, 1.807) is 4.57 Å². The van der Waals surface area contributed by atoms with E-state index >= 15 is 0 Å². The van der Waals surface area contributed by atoms with Gasteiger partial charge in [0, 0.05) is 5.56 Å². The van der Waals surface area contributed by atoms with E-state index in [0.717, 1.165) is 11.3 Å². The molecule has 3 aromatic rings. The number of benzene rings is 1. The van der Waals surface area contributed by atoms with Gasteiger partial charge < -0.3 is 24.8 Å². The molecule has 0 amide bonds. The van der Waals surface area contributed by atoms with Crippen LogP contribution >= 0.6 is 0 Å². The van der Waals surface area contributed by atoms with Gasteiger partial charge in [0.15, 0.2) is 11.9 Å². The van der Waals surface area contributed by atoms with Gasteiger partial charge in [0.2, 0.25) is 0 Å². The highest BCUT2D eigenvalue weighted by Gasteiger charge is 2.44. The van der Waals surface area contributed by atoms with Gasteiger partial charge in [-0.3, -0.25) is 4.57 Å². The number of ether oxygens (including phenoxy) is 2. The number of rotatable bonds is 5. The Hall–Kier alpha value is -2.59.